The fraction of sp³-hybridized carbons (Fsp3) is 0.600. The van der Waals surface area contributed by atoms with Crippen LogP contribution in [0.15, 0.2) is 18.2 Å². The molecule has 0 aromatic heterocycles. The molecule has 3 N–H and O–H groups in total. The number of ether oxygens (including phenoxy) is 2. The molecule has 0 aliphatic rings. The van der Waals surface area contributed by atoms with Crippen LogP contribution in [-0.2, 0) is 16.1 Å². The summed E-state index contributed by atoms with van der Waals surface area (Å²) in [6.07, 6.45) is 1.32. The summed E-state index contributed by atoms with van der Waals surface area (Å²) in [6, 6.07) is 6.14. The lowest BCUT2D eigenvalue weighted by molar-refractivity contribution is -0.159. The minimum Gasteiger partial charge on any atom is -0.493 e. The monoisotopic (exact) mass is 398 g/mol. The summed E-state index contributed by atoms with van der Waals surface area (Å²) in [5, 5.41) is 18.3. The predicted octanol–water partition coefficient (Wildman–Crippen LogP) is 2.46. The number of nitrogens with zero attached hydrogens (tertiary/aromatic N) is 1. The SMILES string of the molecule is CCN(CC)CCCNCc1ccc(OC(C)C)c(OC)c1.O=C(O)C(=O)O. The van der Waals surface area contributed by atoms with Gasteiger partial charge in [-0.15, -0.1) is 0 Å². The molecule has 0 fully saturated rings. The van der Waals surface area contributed by atoms with Crippen molar-refractivity contribution < 1.29 is 29.3 Å². The van der Waals surface area contributed by atoms with E-state index in [4.69, 9.17) is 29.3 Å². The van der Waals surface area contributed by atoms with Gasteiger partial charge in [0.25, 0.3) is 0 Å². The van der Waals surface area contributed by atoms with Crippen LogP contribution in [0.3, 0.4) is 0 Å². The zero-order valence-corrected chi connectivity index (χ0v) is 17.5. The molecule has 1 rings (SSSR count). The second kappa shape index (κ2) is 14.7. The van der Waals surface area contributed by atoms with Crippen molar-refractivity contribution in [3.63, 3.8) is 0 Å². The Labute approximate surface area is 167 Å². The Morgan fingerprint density at radius 1 is 1.11 bits per heavy atom. The minimum absolute atomic E-state index is 0.151. The van der Waals surface area contributed by atoms with Gasteiger partial charge in [-0.3, -0.25) is 0 Å². The van der Waals surface area contributed by atoms with E-state index < -0.39 is 11.9 Å². The first-order chi connectivity index (χ1) is 13.2. The first-order valence-electron chi connectivity index (χ1n) is 9.47. The normalized spacial score (nSPS) is 10.4. The molecule has 0 amide bonds. The molecule has 0 spiro atoms. The number of methoxy groups -OCH3 is 1. The lowest BCUT2D eigenvalue weighted by atomic mass is 10.2. The van der Waals surface area contributed by atoms with Crippen molar-refractivity contribution in [1.82, 2.24) is 10.2 Å². The van der Waals surface area contributed by atoms with Gasteiger partial charge in [0.1, 0.15) is 0 Å². The predicted molar refractivity (Wildman–Crippen MR) is 108 cm³/mol. The Morgan fingerprint density at radius 3 is 2.18 bits per heavy atom. The van der Waals surface area contributed by atoms with E-state index in [1.54, 1.807) is 7.11 Å². The second-order valence-corrected chi connectivity index (χ2v) is 6.32. The van der Waals surface area contributed by atoms with E-state index in [-0.39, 0.29) is 6.10 Å². The van der Waals surface area contributed by atoms with Gasteiger partial charge in [-0.05, 0) is 64.1 Å². The lowest BCUT2D eigenvalue weighted by Gasteiger charge is -2.18. The van der Waals surface area contributed by atoms with E-state index in [1.165, 1.54) is 12.0 Å². The highest BCUT2D eigenvalue weighted by Gasteiger charge is 2.07. The molecule has 0 aliphatic heterocycles. The maximum Gasteiger partial charge on any atom is 0.414 e. The number of carbonyl (C=O) groups is 2. The van der Waals surface area contributed by atoms with Crippen LogP contribution in [0.2, 0.25) is 0 Å². The van der Waals surface area contributed by atoms with Crippen LogP contribution in [0.4, 0.5) is 0 Å². The summed E-state index contributed by atoms with van der Waals surface area (Å²) in [5.41, 5.74) is 1.22. The van der Waals surface area contributed by atoms with Crippen LogP contribution in [0, 0.1) is 0 Å². The van der Waals surface area contributed by atoms with E-state index in [2.05, 4.69) is 36.2 Å². The van der Waals surface area contributed by atoms with Crippen molar-refractivity contribution in [1.29, 1.82) is 0 Å². The highest BCUT2D eigenvalue weighted by molar-refractivity contribution is 6.27. The van der Waals surface area contributed by atoms with Gasteiger partial charge in [-0.1, -0.05) is 19.9 Å². The van der Waals surface area contributed by atoms with E-state index in [0.717, 1.165) is 44.2 Å². The van der Waals surface area contributed by atoms with Crippen molar-refractivity contribution in [2.75, 3.05) is 33.3 Å². The summed E-state index contributed by atoms with van der Waals surface area (Å²) in [6.45, 7) is 13.8. The van der Waals surface area contributed by atoms with Crippen LogP contribution in [0.1, 0.15) is 39.7 Å². The third kappa shape index (κ3) is 11.4. The summed E-state index contributed by atoms with van der Waals surface area (Å²) in [4.78, 5) is 20.6. The van der Waals surface area contributed by atoms with Crippen LogP contribution in [-0.4, -0.2) is 66.4 Å². The molecule has 0 radical (unpaired) electrons. The largest absolute Gasteiger partial charge is 0.493 e. The average Bonchev–Trinajstić information content (AvgIpc) is 2.65. The molecule has 8 heteroatoms. The highest BCUT2D eigenvalue weighted by Crippen LogP contribution is 2.28. The zero-order chi connectivity index (χ0) is 21.5. The molecule has 1 aromatic carbocycles. The molecule has 0 atom stereocenters. The fourth-order valence-corrected chi connectivity index (χ4v) is 2.37. The average molecular weight is 399 g/mol. The molecule has 0 saturated carbocycles. The molecule has 0 unspecified atom stereocenters. The number of aliphatic carboxylic acids is 2. The molecule has 0 bridgehead atoms. The molecule has 28 heavy (non-hydrogen) atoms. The maximum atomic E-state index is 9.10. The van der Waals surface area contributed by atoms with Gasteiger partial charge in [0.15, 0.2) is 11.5 Å². The van der Waals surface area contributed by atoms with Gasteiger partial charge < -0.3 is 29.9 Å². The standard InChI is InChI=1S/C18H32N2O2.C2H2O4/c1-6-20(7-2)12-8-11-19-14-16-9-10-17(22-15(3)4)18(13-16)21-5;3-1(4)2(5)6/h9-10,13,15,19H,6-8,11-12,14H2,1-5H3;(H,3,4)(H,5,6). The van der Waals surface area contributed by atoms with Crippen molar-refractivity contribution in [3.8, 4) is 11.5 Å². The number of benzene rings is 1. The molecule has 1 aromatic rings. The third-order valence-corrected chi connectivity index (χ3v) is 3.83. The summed E-state index contributed by atoms with van der Waals surface area (Å²) < 4.78 is 11.1. The van der Waals surface area contributed by atoms with E-state index in [1.807, 2.05) is 19.9 Å². The maximum absolute atomic E-state index is 9.10. The van der Waals surface area contributed by atoms with Gasteiger partial charge in [-0.2, -0.15) is 0 Å². The topological polar surface area (TPSA) is 108 Å². The quantitative estimate of drug-likeness (QED) is 0.385. The number of nitrogens with one attached hydrogen (secondary N) is 1. The summed E-state index contributed by atoms with van der Waals surface area (Å²) >= 11 is 0. The Morgan fingerprint density at radius 2 is 1.71 bits per heavy atom. The Hall–Kier alpha value is -2.32. The van der Waals surface area contributed by atoms with Crippen molar-refractivity contribution in [2.24, 2.45) is 0 Å². The van der Waals surface area contributed by atoms with Gasteiger partial charge in [-0.25, -0.2) is 9.59 Å². The number of carboxylic acid groups (broad SMARTS) is 2. The molecule has 8 nitrogen and oxygen atoms in total. The van der Waals surface area contributed by atoms with E-state index in [9.17, 15) is 0 Å². The van der Waals surface area contributed by atoms with Crippen LogP contribution in [0.5, 0.6) is 11.5 Å². The number of hydrogen-bond acceptors (Lipinski definition) is 6. The van der Waals surface area contributed by atoms with E-state index >= 15 is 0 Å². The molecule has 0 saturated heterocycles. The Kier molecular flexibility index (Phi) is 13.5. The minimum atomic E-state index is -1.82. The van der Waals surface area contributed by atoms with Crippen LogP contribution >= 0.6 is 0 Å². The summed E-state index contributed by atoms with van der Waals surface area (Å²) in [5.74, 6) is -2.04. The molecule has 0 aliphatic carbocycles. The molecule has 0 heterocycles. The smallest absolute Gasteiger partial charge is 0.414 e. The fourth-order valence-electron chi connectivity index (χ4n) is 2.37. The zero-order valence-electron chi connectivity index (χ0n) is 17.5. The van der Waals surface area contributed by atoms with Crippen LogP contribution in [0.25, 0.3) is 0 Å². The van der Waals surface area contributed by atoms with Gasteiger partial charge in [0.05, 0.1) is 13.2 Å². The lowest BCUT2D eigenvalue weighted by Crippen LogP contribution is -2.27. The van der Waals surface area contributed by atoms with Crippen LogP contribution < -0.4 is 14.8 Å². The Bertz CT molecular complexity index is 576. The second-order valence-electron chi connectivity index (χ2n) is 6.32. The van der Waals surface area contributed by atoms with Crippen molar-refractivity contribution in [2.45, 2.75) is 46.8 Å². The Balaban J connectivity index is 0.00000105. The van der Waals surface area contributed by atoms with E-state index in [0.29, 0.717) is 0 Å². The number of carboxylic acids is 2. The molecule has 160 valence electrons. The molecular weight excluding hydrogens is 364 g/mol. The third-order valence-electron chi connectivity index (χ3n) is 3.83. The van der Waals surface area contributed by atoms with Crippen molar-refractivity contribution in [3.05, 3.63) is 23.8 Å². The molecular formula is C20H34N2O6. The first-order valence-corrected chi connectivity index (χ1v) is 9.47. The summed E-state index contributed by atoms with van der Waals surface area (Å²) in [7, 11) is 1.68. The van der Waals surface area contributed by atoms with Gasteiger partial charge in [0.2, 0.25) is 0 Å². The van der Waals surface area contributed by atoms with Gasteiger partial charge in [0, 0.05) is 6.54 Å². The number of hydrogen-bond donors (Lipinski definition) is 3. The first kappa shape index (κ1) is 25.7. The number of rotatable bonds is 11. The van der Waals surface area contributed by atoms with Crippen molar-refractivity contribution >= 4 is 11.9 Å². The highest BCUT2D eigenvalue weighted by atomic mass is 16.5. The van der Waals surface area contributed by atoms with Gasteiger partial charge >= 0.3 is 11.9 Å².